The van der Waals surface area contributed by atoms with Crippen LogP contribution in [0.4, 0.5) is 19.0 Å². The molecular weight excluding hydrogens is 275 g/mol. The van der Waals surface area contributed by atoms with E-state index in [4.69, 9.17) is 9.47 Å². The highest BCUT2D eigenvalue weighted by atomic mass is 19.4. The molecule has 0 aliphatic carbocycles. The van der Waals surface area contributed by atoms with Crippen LogP contribution < -0.4 is 5.32 Å². The first kappa shape index (κ1) is 16.6. The lowest BCUT2D eigenvalue weighted by Gasteiger charge is -2.17. The Kier molecular flexibility index (Phi) is 6.66. The van der Waals surface area contributed by atoms with E-state index in [9.17, 15) is 13.2 Å². The van der Waals surface area contributed by atoms with Crippen molar-refractivity contribution in [2.24, 2.45) is 0 Å². The molecule has 1 aromatic heterocycles. The molecule has 0 saturated carbocycles. The number of aromatic nitrogens is 2. The number of hydrogen-bond donors (Lipinski definition) is 1. The van der Waals surface area contributed by atoms with Crippen LogP contribution in [0.3, 0.4) is 0 Å². The van der Waals surface area contributed by atoms with E-state index in [-0.39, 0.29) is 5.69 Å². The minimum atomic E-state index is -4.29. The quantitative estimate of drug-likeness (QED) is 0.746. The van der Waals surface area contributed by atoms with Crippen LogP contribution in [-0.2, 0) is 15.9 Å². The van der Waals surface area contributed by atoms with Crippen LogP contribution in [0.15, 0.2) is 12.4 Å². The molecule has 0 amide bonds. The van der Waals surface area contributed by atoms with Crippen molar-refractivity contribution in [3.05, 3.63) is 18.1 Å². The standard InChI is InChI=1S/C12H18F3N3O2/c1-3-19-11(20-4-2)7-16-10-5-9(17-8-18-10)6-12(13,14)15/h5,8,11H,3-4,6-7H2,1-2H3,(H,16,17,18). The summed E-state index contributed by atoms with van der Waals surface area (Å²) in [5.41, 5.74) is -0.0839. The summed E-state index contributed by atoms with van der Waals surface area (Å²) in [6, 6.07) is 1.27. The van der Waals surface area contributed by atoms with E-state index in [1.54, 1.807) is 0 Å². The van der Waals surface area contributed by atoms with E-state index in [1.807, 2.05) is 13.8 Å². The Labute approximate surface area is 115 Å². The fraction of sp³-hybridized carbons (Fsp3) is 0.667. The third-order valence-electron chi connectivity index (χ3n) is 2.26. The van der Waals surface area contributed by atoms with Crippen LogP contribution in [-0.4, -0.2) is 42.2 Å². The van der Waals surface area contributed by atoms with Crippen LogP contribution in [0.25, 0.3) is 0 Å². The summed E-state index contributed by atoms with van der Waals surface area (Å²) < 4.78 is 47.4. The number of nitrogens with zero attached hydrogens (tertiary/aromatic N) is 2. The van der Waals surface area contributed by atoms with Gasteiger partial charge in [0.15, 0.2) is 6.29 Å². The highest BCUT2D eigenvalue weighted by molar-refractivity contribution is 5.34. The zero-order chi connectivity index (χ0) is 15.0. The molecule has 0 unspecified atom stereocenters. The first-order chi connectivity index (χ1) is 9.44. The molecule has 1 rings (SSSR count). The van der Waals surface area contributed by atoms with Gasteiger partial charge in [-0.3, -0.25) is 0 Å². The number of ether oxygens (including phenoxy) is 2. The van der Waals surface area contributed by atoms with Gasteiger partial charge in [-0.05, 0) is 13.8 Å². The third-order valence-corrected chi connectivity index (χ3v) is 2.26. The summed E-state index contributed by atoms with van der Waals surface area (Å²) in [6.07, 6.45) is -4.74. The van der Waals surface area contributed by atoms with E-state index in [2.05, 4.69) is 15.3 Å². The Bertz CT molecular complexity index is 396. The number of anilines is 1. The Morgan fingerprint density at radius 2 is 1.85 bits per heavy atom. The molecule has 0 aliphatic heterocycles. The number of nitrogens with one attached hydrogen (secondary N) is 1. The lowest BCUT2D eigenvalue weighted by atomic mass is 10.3. The topological polar surface area (TPSA) is 56.3 Å². The van der Waals surface area contributed by atoms with Gasteiger partial charge in [0.1, 0.15) is 12.1 Å². The zero-order valence-corrected chi connectivity index (χ0v) is 11.4. The fourth-order valence-corrected chi connectivity index (χ4v) is 1.52. The van der Waals surface area contributed by atoms with Gasteiger partial charge in [0, 0.05) is 19.3 Å². The van der Waals surface area contributed by atoms with Crippen LogP contribution in [0.5, 0.6) is 0 Å². The molecule has 5 nitrogen and oxygen atoms in total. The highest BCUT2D eigenvalue weighted by Crippen LogP contribution is 2.20. The van der Waals surface area contributed by atoms with Gasteiger partial charge in [-0.15, -0.1) is 0 Å². The molecule has 8 heteroatoms. The smallest absolute Gasteiger partial charge is 0.365 e. The monoisotopic (exact) mass is 293 g/mol. The van der Waals surface area contributed by atoms with Crippen molar-refractivity contribution < 1.29 is 22.6 Å². The third kappa shape index (κ3) is 6.67. The largest absolute Gasteiger partial charge is 0.394 e. The highest BCUT2D eigenvalue weighted by Gasteiger charge is 2.28. The molecule has 1 aromatic rings. The van der Waals surface area contributed by atoms with Crippen LogP contribution in [0.2, 0.25) is 0 Å². The van der Waals surface area contributed by atoms with Crippen LogP contribution in [0.1, 0.15) is 19.5 Å². The van der Waals surface area contributed by atoms with E-state index in [0.717, 1.165) is 6.33 Å². The Morgan fingerprint density at radius 3 is 2.40 bits per heavy atom. The van der Waals surface area contributed by atoms with Gasteiger partial charge in [-0.1, -0.05) is 0 Å². The second-order valence-corrected chi connectivity index (χ2v) is 3.91. The Balaban J connectivity index is 2.57. The maximum atomic E-state index is 12.3. The van der Waals surface area contributed by atoms with Gasteiger partial charge in [0.05, 0.1) is 18.7 Å². The molecule has 0 bridgehead atoms. The van der Waals surface area contributed by atoms with Gasteiger partial charge in [-0.25, -0.2) is 9.97 Å². The number of alkyl halides is 3. The summed E-state index contributed by atoms with van der Waals surface area (Å²) in [6.45, 7) is 4.92. The van der Waals surface area contributed by atoms with E-state index < -0.39 is 18.9 Å². The van der Waals surface area contributed by atoms with Crippen molar-refractivity contribution in [1.82, 2.24) is 9.97 Å². The Hall–Kier alpha value is -1.41. The van der Waals surface area contributed by atoms with E-state index >= 15 is 0 Å². The molecule has 0 aromatic carbocycles. The Morgan fingerprint density at radius 1 is 1.20 bits per heavy atom. The van der Waals surface area contributed by atoms with Crippen LogP contribution in [0, 0.1) is 0 Å². The summed E-state index contributed by atoms with van der Waals surface area (Å²) >= 11 is 0. The van der Waals surface area contributed by atoms with E-state index in [1.165, 1.54) is 6.07 Å². The average molecular weight is 293 g/mol. The molecule has 114 valence electrons. The van der Waals surface area contributed by atoms with E-state index in [0.29, 0.717) is 25.6 Å². The van der Waals surface area contributed by atoms with Gasteiger partial charge >= 0.3 is 6.18 Å². The van der Waals surface area contributed by atoms with Crippen molar-refractivity contribution in [3.8, 4) is 0 Å². The molecular formula is C12H18F3N3O2. The molecule has 20 heavy (non-hydrogen) atoms. The maximum Gasteiger partial charge on any atom is 0.394 e. The number of hydrogen-bond acceptors (Lipinski definition) is 5. The lowest BCUT2D eigenvalue weighted by molar-refractivity contribution is -0.128. The van der Waals surface area contributed by atoms with Gasteiger partial charge in [0.25, 0.3) is 0 Å². The molecule has 0 aliphatic rings. The summed E-state index contributed by atoms with van der Waals surface area (Å²) in [5, 5.41) is 2.87. The molecule has 1 heterocycles. The first-order valence-corrected chi connectivity index (χ1v) is 6.29. The van der Waals surface area contributed by atoms with Gasteiger partial charge in [0.2, 0.25) is 0 Å². The zero-order valence-electron chi connectivity index (χ0n) is 11.4. The molecule has 0 atom stereocenters. The normalized spacial score (nSPS) is 11.9. The summed E-state index contributed by atoms with van der Waals surface area (Å²) in [5.74, 6) is 0.309. The van der Waals surface area contributed by atoms with Crippen molar-refractivity contribution >= 4 is 5.82 Å². The van der Waals surface area contributed by atoms with Gasteiger partial charge in [-0.2, -0.15) is 13.2 Å². The molecule has 0 radical (unpaired) electrons. The van der Waals surface area contributed by atoms with Crippen LogP contribution >= 0.6 is 0 Å². The number of rotatable bonds is 8. The predicted octanol–water partition coefficient (Wildman–Crippen LogP) is 2.39. The SMILES string of the molecule is CCOC(CNc1cc(CC(F)(F)F)ncn1)OCC. The predicted molar refractivity (Wildman–Crippen MR) is 67.3 cm³/mol. The fourth-order valence-electron chi connectivity index (χ4n) is 1.52. The molecule has 0 spiro atoms. The minimum Gasteiger partial charge on any atom is -0.365 e. The minimum absolute atomic E-state index is 0.0839. The molecule has 1 N–H and O–H groups in total. The molecule has 0 saturated heterocycles. The van der Waals surface area contributed by atoms with Crippen molar-refractivity contribution in [3.63, 3.8) is 0 Å². The first-order valence-electron chi connectivity index (χ1n) is 6.29. The summed E-state index contributed by atoms with van der Waals surface area (Å²) in [7, 11) is 0. The maximum absolute atomic E-state index is 12.3. The lowest BCUT2D eigenvalue weighted by Crippen LogP contribution is -2.26. The second-order valence-electron chi connectivity index (χ2n) is 3.91. The number of halogens is 3. The molecule has 0 fully saturated rings. The van der Waals surface area contributed by atoms with Gasteiger partial charge < -0.3 is 14.8 Å². The van der Waals surface area contributed by atoms with Crippen molar-refractivity contribution in [1.29, 1.82) is 0 Å². The summed E-state index contributed by atoms with van der Waals surface area (Å²) in [4.78, 5) is 7.45. The van der Waals surface area contributed by atoms with Crippen molar-refractivity contribution in [2.75, 3.05) is 25.1 Å². The van der Waals surface area contributed by atoms with Crippen molar-refractivity contribution in [2.45, 2.75) is 32.7 Å². The average Bonchev–Trinajstić information content (AvgIpc) is 2.35. The second kappa shape index (κ2) is 8.01.